The standard InChI is InChI=1S/C19H32N2O3/c1-11(2)13-9-23-16(20-13)19(8,15(22)18(5,6)7)17-21-14(10-24-17)12(3)4/h11-14H,9-10H2,1-8H3/t13-,14-/m1/s1. The summed E-state index contributed by atoms with van der Waals surface area (Å²) in [5.74, 6) is 1.69. The van der Waals surface area contributed by atoms with Crippen molar-refractivity contribution in [1.82, 2.24) is 0 Å². The summed E-state index contributed by atoms with van der Waals surface area (Å²) in [4.78, 5) is 22.7. The Kier molecular flexibility index (Phi) is 5.12. The molecule has 2 heterocycles. The average Bonchev–Trinajstić information content (AvgIpc) is 3.14. The largest absolute Gasteiger partial charge is 0.478 e. The minimum Gasteiger partial charge on any atom is -0.478 e. The molecular weight excluding hydrogens is 304 g/mol. The minimum atomic E-state index is -1.05. The van der Waals surface area contributed by atoms with Crippen molar-refractivity contribution >= 4 is 17.6 Å². The number of ether oxygens (including phenoxy) is 2. The van der Waals surface area contributed by atoms with Gasteiger partial charge < -0.3 is 9.47 Å². The van der Waals surface area contributed by atoms with Gasteiger partial charge in [-0.25, -0.2) is 9.98 Å². The monoisotopic (exact) mass is 336 g/mol. The molecular formula is C19H32N2O3. The van der Waals surface area contributed by atoms with Gasteiger partial charge in [0.25, 0.3) is 0 Å². The van der Waals surface area contributed by atoms with Gasteiger partial charge in [0.05, 0.1) is 12.1 Å². The highest BCUT2D eigenvalue weighted by molar-refractivity contribution is 6.24. The van der Waals surface area contributed by atoms with Crippen LogP contribution in [-0.4, -0.2) is 42.9 Å². The highest BCUT2D eigenvalue weighted by atomic mass is 16.5. The van der Waals surface area contributed by atoms with Crippen LogP contribution in [-0.2, 0) is 14.3 Å². The van der Waals surface area contributed by atoms with Crippen LogP contribution in [0.3, 0.4) is 0 Å². The van der Waals surface area contributed by atoms with Gasteiger partial charge in [-0.1, -0.05) is 48.5 Å². The van der Waals surface area contributed by atoms with Gasteiger partial charge in [-0.05, 0) is 18.8 Å². The van der Waals surface area contributed by atoms with E-state index in [9.17, 15) is 4.79 Å². The number of carbonyl (C=O) groups excluding carboxylic acids is 1. The third-order valence-electron chi connectivity index (χ3n) is 4.88. The number of aliphatic imine (C=N–C) groups is 2. The number of Topliss-reactive ketones (excluding diaryl/α,β-unsaturated/α-hetero) is 1. The van der Waals surface area contributed by atoms with Gasteiger partial charge in [0.15, 0.2) is 11.2 Å². The van der Waals surface area contributed by atoms with Crippen molar-refractivity contribution in [3.8, 4) is 0 Å². The maximum atomic E-state index is 13.3. The summed E-state index contributed by atoms with van der Waals surface area (Å²) < 4.78 is 11.8. The van der Waals surface area contributed by atoms with Crippen LogP contribution in [0.5, 0.6) is 0 Å². The van der Waals surface area contributed by atoms with Crippen molar-refractivity contribution < 1.29 is 14.3 Å². The molecule has 0 amide bonds. The van der Waals surface area contributed by atoms with Crippen LogP contribution in [0, 0.1) is 22.7 Å². The maximum Gasteiger partial charge on any atom is 0.207 e. The third-order valence-corrected chi connectivity index (χ3v) is 4.88. The Morgan fingerprint density at radius 3 is 1.54 bits per heavy atom. The summed E-state index contributed by atoms with van der Waals surface area (Å²) in [6, 6.07) is 0.157. The van der Waals surface area contributed by atoms with Crippen LogP contribution in [0.1, 0.15) is 55.4 Å². The summed E-state index contributed by atoms with van der Waals surface area (Å²) in [5, 5.41) is 0. The fourth-order valence-electron chi connectivity index (χ4n) is 3.04. The Morgan fingerprint density at radius 1 is 0.917 bits per heavy atom. The maximum absolute atomic E-state index is 13.3. The van der Waals surface area contributed by atoms with Gasteiger partial charge in [0.2, 0.25) is 11.8 Å². The van der Waals surface area contributed by atoms with E-state index in [4.69, 9.17) is 19.5 Å². The third kappa shape index (κ3) is 3.35. The van der Waals surface area contributed by atoms with E-state index in [0.29, 0.717) is 36.8 Å². The Morgan fingerprint density at radius 2 is 1.29 bits per heavy atom. The summed E-state index contributed by atoms with van der Waals surface area (Å²) in [5.41, 5.74) is -1.59. The second-order valence-corrected chi connectivity index (χ2v) is 8.82. The molecule has 0 saturated carbocycles. The molecule has 2 rings (SSSR count). The van der Waals surface area contributed by atoms with Crippen molar-refractivity contribution in [2.45, 2.75) is 67.5 Å². The smallest absolute Gasteiger partial charge is 0.207 e. The Bertz CT molecular complexity index is 521. The van der Waals surface area contributed by atoms with Gasteiger partial charge in [0.1, 0.15) is 13.2 Å². The zero-order valence-corrected chi connectivity index (χ0v) is 16.3. The van der Waals surface area contributed by atoms with Crippen LogP contribution in [0.15, 0.2) is 9.98 Å². The summed E-state index contributed by atoms with van der Waals surface area (Å²) in [6.07, 6.45) is 0. The highest BCUT2D eigenvalue weighted by Gasteiger charge is 2.54. The number of carbonyl (C=O) groups is 1. The van der Waals surface area contributed by atoms with Crippen molar-refractivity contribution in [2.24, 2.45) is 32.7 Å². The summed E-state index contributed by atoms with van der Waals surface area (Å²) in [6.45, 7) is 17.1. The lowest BCUT2D eigenvalue weighted by molar-refractivity contribution is -0.130. The van der Waals surface area contributed by atoms with Crippen LogP contribution >= 0.6 is 0 Å². The van der Waals surface area contributed by atoms with Gasteiger partial charge in [-0.2, -0.15) is 0 Å². The van der Waals surface area contributed by atoms with Crippen LogP contribution < -0.4 is 0 Å². The SMILES string of the molecule is CC(C)[C@H]1COC(C(C)(C(=O)C(C)(C)C)C2=N[C@@H](C(C)C)CO2)=N1. The summed E-state index contributed by atoms with van der Waals surface area (Å²) >= 11 is 0. The van der Waals surface area contributed by atoms with Gasteiger partial charge in [-0.15, -0.1) is 0 Å². The zero-order valence-electron chi connectivity index (χ0n) is 16.3. The van der Waals surface area contributed by atoms with E-state index in [0.717, 1.165) is 0 Å². The first-order valence-electron chi connectivity index (χ1n) is 8.95. The fourth-order valence-corrected chi connectivity index (χ4v) is 3.04. The average molecular weight is 336 g/mol. The first kappa shape index (κ1) is 18.9. The van der Waals surface area contributed by atoms with E-state index in [1.807, 2.05) is 27.7 Å². The van der Waals surface area contributed by atoms with E-state index in [1.54, 1.807) is 0 Å². The molecule has 5 nitrogen and oxygen atoms in total. The molecule has 0 fully saturated rings. The van der Waals surface area contributed by atoms with E-state index in [-0.39, 0.29) is 17.9 Å². The zero-order chi connectivity index (χ0) is 18.3. The van der Waals surface area contributed by atoms with Crippen molar-refractivity contribution in [2.75, 3.05) is 13.2 Å². The molecule has 0 aromatic rings. The molecule has 24 heavy (non-hydrogen) atoms. The molecule has 0 aromatic carbocycles. The number of ketones is 1. The Hall–Kier alpha value is -1.39. The molecule has 2 aliphatic rings. The van der Waals surface area contributed by atoms with Crippen LogP contribution in [0.2, 0.25) is 0 Å². The van der Waals surface area contributed by atoms with E-state index >= 15 is 0 Å². The molecule has 0 radical (unpaired) electrons. The Balaban J connectivity index is 2.46. The normalized spacial score (nSPS) is 24.8. The van der Waals surface area contributed by atoms with Crippen molar-refractivity contribution in [1.29, 1.82) is 0 Å². The molecule has 136 valence electrons. The van der Waals surface area contributed by atoms with Gasteiger partial charge in [0, 0.05) is 5.41 Å². The van der Waals surface area contributed by atoms with E-state index < -0.39 is 10.8 Å². The highest BCUT2D eigenvalue weighted by Crippen LogP contribution is 2.38. The van der Waals surface area contributed by atoms with Gasteiger partial charge in [-0.3, -0.25) is 4.79 Å². The number of hydrogen-bond donors (Lipinski definition) is 0. The lowest BCUT2D eigenvalue weighted by atomic mass is 9.73. The fraction of sp³-hybridized carbons (Fsp3) is 0.842. The van der Waals surface area contributed by atoms with Crippen LogP contribution in [0.4, 0.5) is 0 Å². The number of nitrogens with zero attached hydrogens (tertiary/aromatic N) is 2. The van der Waals surface area contributed by atoms with E-state index in [2.05, 4.69) is 27.7 Å². The van der Waals surface area contributed by atoms with Crippen molar-refractivity contribution in [3.63, 3.8) is 0 Å². The van der Waals surface area contributed by atoms with Crippen LogP contribution in [0.25, 0.3) is 0 Å². The predicted molar refractivity (Wildman–Crippen MR) is 96.6 cm³/mol. The number of hydrogen-bond acceptors (Lipinski definition) is 5. The molecule has 0 aliphatic carbocycles. The molecule has 2 atom stereocenters. The minimum absolute atomic E-state index is 0.0290. The first-order chi connectivity index (χ1) is 11.0. The molecule has 0 unspecified atom stereocenters. The summed E-state index contributed by atoms with van der Waals surface area (Å²) in [7, 11) is 0. The van der Waals surface area contributed by atoms with Crippen molar-refractivity contribution in [3.05, 3.63) is 0 Å². The molecule has 0 bridgehead atoms. The molecule has 0 saturated heterocycles. The molecule has 0 N–H and O–H groups in total. The lowest BCUT2D eigenvalue weighted by Gasteiger charge is -2.32. The molecule has 5 heteroatoms. The van der Waals surface area contributed by atoms with E-state index in [1.165, 1.54) is 0 Å². The quantitative estimate of drug-likeness (QED) is 0.772. The lowest BCUT2D eigenvalue weighted by Crippen LogP contribution is -2.49. The topological polar surface area (TPSA) is 60.2 Å². The molecule has 2 aliphatic heterocycles. The first-order valence-corrected chi connectivity index (χ1v) is 8.95. The predicted octanol–water partition coefficient (Wildman–Crippen LogP) is 3.51. The molecule has 0 aromatic heterocycles. The molecule has 0 spiro atoms. The Labute approximate surface area is 145 Å². The number of rotatable bonds is 5. The second-order valence-electron chi connectivity index (χ2n) is 8.82. The van der Waals surface area contributed by atoms with Gasteiger partial charge >= 0.3 is 0 Å². The second kappa shape index (κ2) is 6.49.